The van der Waals surface area contributed by atoms with Crippen LogP contribution in [0.15, 0.2) is 41.8 Å². The fourth-order valence-corrected chi connectivity index (χ4v) is 4.21. The van der Waals surface area contributed by atoms with Crippen LogP contribution < -0.4 is 9.64 Å². The molecular weight excluding hydrogens is 433 g/mol. The zero-order valence-corrected chi connectivity index (χ0v) is 20.5. The number of fused-ring (bicyclic) bond motifs is 1. The third-order valence-electron chi connectivity index (χ3n) is 6.40. The van der Waals surface area contributed by atoms with Gasteiger partial charge in [0.25, 0.3) is 0 Å². The number of rotatable bonds is 9. The van der Waals surface area contributed by atoms with E-state index in [2.05, 4.69) is 52.7 Å². The van der Waals surface area contributed by atoms with Crippen LogP contribution in [0.3, 0.4) is 0 Å². The van der Waals surface area contributed by atoms with Crippen molar-refractivity contribution in [1.29, 1.82) is 0 Å². The average molecular weight is 466 g/mol. The van der Waals surface area contributed by atoms with Gasteiger partial charge in [0.1, 0.15) is 0 Å². The number of halogens is 1. The molecule has 3 aromatic rings. The van der Waals surface area contributed by atoms with E-state index in [4.69, 9.17) is 9.72 Å². The lowest BCUT2D eigenvalue weighted by atomic mass is 9.97. The van der Waals surface area contributed by atoms with Crippen molar-refractivity contribution in [3.8, 4) is 5.75 Å². The Morgan fingerprint density at radius 1 is 1.24 bits per heavy atom. The van der Waals surface area contributed by atoms with Crippen molar-refractivity contribution in [3.05, 3.63) is 53.7 Å². The molecular formula is C25H32FN7O. The molecule has 9 heteroatoms. The Morgan fingerprint density at radius 2 is 2.00 bits per heavy atom. The van der Waals surface area contributed by atoms with E-state index < -0.39 is 5.82 Å². The summed E-state index contributed by atoms with van der Waals surface area (Å²) in [5.74, 6) is -0.330. The Morgan fingerprint density at radius 3 is 2.65 bits per heavy atom. The largest absolute Gasteiger partial charge is 0.494 e. The highest BCUT2D eigenvalue weighted by atomic mass is 19.1. The molecule has 1 aromatic carbocycles. The summed E-state index contributed by atoms with van der Waals surface area (Å²) in [6.45, 7) is 9.55. The lowest BCUT2D eigenvalue weighted by molar-refractivity contribution is 0.187. The summed E-state index contributed by atoms with van der Waals surface area (Å²) in [4.78, 5) is 15.7. The number of aliphatic imine (C=N–C) groups is 1. The topological polar surface area (TPSA) is 61.5 Å². The van der Waals surface area contributed by atoms with Gasteiger partial charge in [0.15, 0.2) is 17.2 Å². The molecule has 4 rings (SSSR count). The standard InChI is InChI=1S/C25H32FN7O/c1-7-19(20-10-24(34-6)22(26)11-23(20)27-2)21-13-29-33-16-17(12-28-25(21)33)32-14-18(15-32)31(5)9-8-30(3)4/h7,10-13,16,18H,2,8-9,14-15H2,1,3-6H3/b19-7+. The van der Waals surface area contributed by atoms with E-state index >= 15 is 0 Å². The number of hydrogen-bond donors (Lipinski definition) is 0. The van der Waals surface area contributed by atoms with Gasteiger partial charge in [-0.3, -0.25) is 9.89 Å². The molecule has 180 valence electrons. The first-order valence-electron chi connectivity index (χ1n) is 11.3. The van der Waals surface area contributed by atoms with Gasteiger partial charge in [-0.2, -0.15) is 5.10 Å². The number of likely N-dealkylation sites (N-methyl/N-ethyl adjacent to an activating group) is 2. The number of hydrogen-bond acceptors (Lipinski definition) is 7. The van der Waals surface area contributed by atoms with Crippen LogP contribution in [-0.2, 0) is 0 Å². The van der Waals surface area contributed by atoms with Crippen molar-refractivity contribution < 1.29 is 9.13 Å². The summed E-state index contributed by atoms with van der Waals surface area (Å²) in [5.41, 5.74) is 4.57. The minimum atomic E-state index is -0.480. The second-order valence-corrected chi connectivity index (χ2v) is 8.85. The molecule has 0 radical (unpaired) electrons. The van der Waals surface area contributed by atoms with Crippen molar-refractivity contribution in [3.63, 3.8) is 0 Å². The first-order chi connectivity index (χ1) is 16.4. The van der Waals surface area contributed by atoms with E-state index in [1.165, 1.54) is 13.2 Å². The molecule has 0 atom stereocenters. The normalized spacial score (nSPS) is 14.8. The maximum absolute atomic E-state index is 14.2. The SMILES string of the molecule is C=Nc1cc(F)c(OC)cc1/C(=C\C)c1cnn2cc(N3CC(N(C)CCN(C)C)C3)cnc12. The van der Waals surface area contributed by atoms with Gasteiger partial charge in [-0.25, -0.2) is 13.9 Å². The van der Waals surface area contributed by atoms with E-state index in [1.54, 1.807) is 16.8 Å². The van der Waals surface area contributed by atoms with E-state index in [-0.39, 0.29) is 5.75 Å². The minimum absolute atomic E-state index is 0.149. The van der Waals surface area contributed by atoms with Crippen LogP contribution in [0.1, 0.15) is 18.1 Å². The van der Waals surface area contributed by atoms with E-state index in [0.29, 0.717) is 17.3 Å². The van der Waals surface area contributed by atoms with Gasteiger partial charge in [-0.1, -0.05) is 6.08 Å². The smallest absolute Gasteiger partial charge is 0.167 e. The highest BCUT2D eigenvalue weighted by molar-refractivity contribution is 5.90. The number of aromatic nitrogens is 3. The molecule has 8 nitrogen and oxygen atoms in total. The second-order valence-electron chi connectivity index (χ2n) is 8.85. The molecule has 0 bridgehead atoms. The number of benzene rings is 1. The number of allylic oxidation sites excluding steroid dienone is 1. The van der Waals surface area contributed by atoms with Crippen LogP contribution in [-0.4, -0.2) is 91.6 Å². The molecule has 1 fully saturated rings. The molecule has 34 heavy (non-hydrogen) atoms. The summed E-state index contributed by atoms with van der Waals surface area (Å²) in [5, 5.41) is 4.55. The first kappa shape index (κ1) is 23.8. The summed E-state index contributed by atoms with van der Waals surface area (Å²) < 4.78 is 21.2. The summed E-state index contributed by atoms with van der Waals surface area (Å²) in [6.07, 6.45) is 7.62. The van der Waals surface area contributed by atoms with Crippen molar-refractivity contribution in [2.45, 2.75) is 13.0 Å². The Balaban J connectivity index is 1.57. The highest BCUT2D eigenvalue weighted by Crippen LogP contribution is 2.37. The second kappa shape index (κ2) is 9.90. The van der Waals surface area contributed by atoms with Crippen LogP contribution in [0, 0.1) is 5.82 Å². The Kier molecular flexibility index (Phi) is 6.95. The Labute approximate surface area is 200 Å². The molecule has 0 aliphatic carbocycles. The van der Waals surface area contributed by atoms with Crippen molar-refractivity contribution in [2.24, 2.45) is 4.99 Å². The number of nitrogens with zero attached hydrogens (tertiary/aromatic N) is 7. The predicted molar refractivity (Wildman–Crippen MR) is 135 cm³/mol. The number of methoxy groups -OCH3 is 1. The maximum Gasteiger partial charge on any atom is 0.167 e. The lowest BCUT2D eigenvalue weighted by Gasteiger charge is -2.45. The first-order valence-corrected chi connectivity index (χ1v) is 11.3. The monoisotopic (exact) mass is 465 g/mol. The quantitative estimate of drug-likeness (QED) is 0.452. The van der Waals surface area contributed by atoms with Gasteiger partial charge in [0.2, 0.25) is 0 Å². The summed E-state index contributed by atoms with van der Waals surface area (Å²) in [7, 11) is 7.82. The third-order valence-corrected chi connectivity index (χ3v) is 6.40. The van der Waals surface area contributed by atoms with Gasteiger partial charge in [0, 0.05) is 49.4 Å². The summed E-state index contributed by atoms with van der Waals surface area (Å²) in [6, 6.07) is 3.51. The molecule has 0 unspecified atom stereocenters. The molecule has 1 saturated heterocycles. The molecule has 0 N–H and O–H groups in total. The van der Waals surface area contributed by atoms with E-state index in [1.807, 2.05) is 25.4 Å². The van der Waals surface area contributed by atoms with Gasteiger partial charge in [-0.05, 0) is 46.4 Å². The number of anilines is 1. The molecule has 1 aliphatic rings. The van der Waals surface area contributed by atoms with Crippen molar-refractivity contribution in [2.75, 3.05) is 59.3 Å². The average Bonchev–Trinajstić information content (AvgIpc) is 3.21. The van der Waals surface area contributed by atoms with E-state index in [9.17, 15) is 4.39 Å². The number of ether oxygens (including phenoxy) is 1. The van der Waals surface area contributed by atoms with Gasteiger partial charge >= 0.3 is 0 Å². The fourth-order valence-electron chi connectivity index (χ4n) is 4.21. The highest BCUT2D eigenvalue weighted by Gasteiger charge is 2.30. The van der Waals surface area contributed by atoms with E-state index in [0.717, 1.165) is 48.7 Å². The molecule has 0 amide bonds. The van der Waals surface area contributed by atoms with Crippen molar-refractivity contribution in [1.82, 2.24) is 24.4 Å². The van der Waals surface area contributed by atoms with Gasteiger partial charge in [0.05, 0.1) is 37.1 Å². The Hall–Kier alpha value is -3.30. The van der Waals surface area contributed by atoms with Gasteiger partial charge < -0.3 is 14.5 Å². The molecule has 2 aromatic heterocycles. The van der Waals surface area contributed by atoms with Crippen LogP contribution >= 0.6 is 0 Å². The molecule has 3 heterocycles. The van der Waals surface area contributed by atoms with Crippen LogP contribution in [0.2, 0.25) is 0 Å². The summed E-state index contributed by atoms with van der Waals surface area (Å²) >= 11 is 0. The molecule has 1 aliphatic heterocycles. The van der Waals surface area contributed by atoms with Crippen molar-refractivity contribution >= 4 is 29.3 Å². The zero-order chi connectivity index (χ0) is 24.4. The Bertz CT molecular complexity index is 1210. The van der Waals surface area contributed by atoms with Crippen LogP contribution in [0.25, 0.3) is 11.2 Å². The zero-order valence-electron chi connectivity index (χ0n) is 20.5. The van der Waals surface area contributed by atoms with Crippen LogP contribution in [0.5, 0.6) is 5.75 Å². The predicted octanol–water partition coefficient (Wildman–Crippen LogP) is 3.34. The van der Waals surface area contributed by atoms with Crippen LogP contribution in [0.4, 0.5) is 15.8 Å². The minimum Gasteiger partial charge on any atom is -0.494 e. The lowest BCUT2D eigenvalue weighted by Crippen LogP contribution is -2.59. The maximum atomic E-state index is 14.2. The molecule has 0 saturated carbocycles. The fraction of sp³-hybridized carbons (Fsp3) is 0.400. The third kappa shape index (κ3) is 4.53. The van der Waals surface area contributed by atoms with Gasteiger partial charge in [-0.15, -0.1) is 0 Å². The molecule has 0 spiro atoms.